The molecule has 0 aliphatic heterocycles. The molecule has 5 amide bonds. The van der Waals surface area contributed by atoms with E-state index in [9.17, 15) is 43.5 Å². The van der Waals surface area contributed by atoms with Gasteiger partial charge in [-0.3, -0.25) is 38.4 Å². The molecular weight excluding hydrogens is 885 g/mol. The monoisotopic (exact) mass is 968 g/mol. The van der Waals surface area contributed by atoms with Crippen molar-refractivity contribution in [1.82, 2.24) is 41.4 Å². The Labute approximate surface area is 409 Å². The van der Waals surface area contributed by atoms with Gasteiger partial charge in [0.1, 0.15) is 12.3 Å². The first kappa shape index (κ1) is 59.7. The summed E-state index contributed by atoms with van der Waals surface area (Å²) in [6.07, 6.45) is 2.45. The van der Waals surface area contributed by atoms with Crippen LogP contribution in [0.15, 0.2) is 36.5 Å². The third-order valence-corrected chi connectivity index (χ3v) is 12.1. The van der Waals surface area contributed by atoms with Crippen LogP contribution in [0, 0.1) is 23.7 Å². The molecule has 1 heterocycles. The highest BCUT2D eigenvalue weighted by molar-refractivity contribution is 5.96. The van der Waals surface area contributed by atoms with Gasteiger partial charge in [0.15, 0.2) is 17.8 Å². The van der Waals surface area contributed by atoms with Crippen molar-refractivity contribution in [2.75, 3.05) is 39.8 Å². The summed E-state index contributed by atoms with van der Waals surface area (Å²) < 4.78 is 1.76. The lowest BCUT2D eigenvalue weighted by atomic mass is 9.89. The average molecular weight is 968 g/mol. The van der Waals surface area contributed by atoms with Crippen molar-refractivity contribution in [2.24, 2.45) is 29.4 Å². The van der Waals surface area contributed by atoms with E-state index in [1.807, 2.05) is 51.2 Å². The maximum absolute atomic E-state index is 14.3. The molecule has 19 heteroatoms. The molecule has 19 nitrogen and oxygen atoms in total. The number of aromatic amines is 1. The molecule has 1 aromatic carbocycles. The Balaban J connectivity index is 2.26. The molecule has 1 aromatic heterocycles. The quantitative estimate of drug-likeness (QED) is 0.0382. The van der Waals surface area contributed by atoms with Crippen LogP contribution in [-0.2, 0) is 57.9 Å². The molecule has 386 valence electrons. The lowest BCUT2D eigenvalue weighted by Gasteiger charge is -2.27. The third kappa shape index (κ3) is 23.2. The van der Waals surface area contributed by atoms with Crippen molar-refractivity contribution in [3.05, 3.63) is 47.8 Å². The van der Waals surface area contributed by atoms with Gasteiger partial charge in [-0.05, 0) is 98.0 Å². The van der Waals surface area contributed by atoms with Gasteiger partial charge in [0.05, 0.1) is 37.2 Å². The predicted molar refractivity (Wildman–Crippen MR) is 262 cm³/mol. The highest BCUT2D eigenvalue weighted by Crippen LogP contribution is 2.19. The van der Waals surface area contributed by atoms with E-state index >= 15 is 0 Å². The molecule has 8 N–H and O–H groups in total. The number of nitrogens with zero attached hydrogens (tertiary/aromatic N) is 4. The lowest BCUT2D eigenvalue weighted by molar-refractivity contribution is -0.753. The van der Waals surface area contributed by atoms with Crippen molar-refractivity contribution in [3.8, 4) is 0 Å². The smallest absolute Gasteiger partial charge is 0.237 e. The minimum Gasteiger partial charge on any atom is -0.393 e. The minimum atomic E-state index is -1.29. The number of primary amides is 1. The van der Waals surface area contributed by atoms with Crippen molar-refractivity contribution in [3.63, 3.8) is 0 Å². The van der Waals surface area contributed by atoms with Crippen LogP contribution in [0.3, 0.4) is 0 Å². The van der Waals surface area contributed by atoms with Crippen molar-refractivity contribution >= 4 is 46.9 Å². The summed E-state index contributed by atoms with van der Waals surface area (Å²) in [5, 5.41) is 29.3. The largest absolute Gasteiger partial charge is 0.393 e. The Bertz CT molecular complexity index is 1940. The van der Waals surface area contributed by atoms with E-state index in [2.05, 4.69) is 57.3 Å². The van der Waals surface area contributed by atoms with Gasteiger partial charge in [0.25, 0.3) is 0 Å². The Hall–Kier alpha value is -5.40. The maximum atomic E-state index is 14.3. The van der Waals surface area contributed by atoms with Gasteiger partial charge in [-0.15, -0.1) is 0 Å². The molecule has 2 rings (SSSR count). The van der Waals surface area contributed by atoms with Gasteiger partial charge in [-0.2, -0.15) is 4.68 Å². The molecular formula is C50H83N10O9+. The number of unbranched alkanes of at least 4 members (excludes halogenated alkanes) is 1. The topological polar surface area (TPSA) is 270 Å². The van der Waals surface area contributed by atoms with Crippen LogP contribution in [0.2, 0.25) is 0 Å². The van der Waals surface area contributed by atoms with Crippen LogP contribution < -0.4 is 31.7 Å². The fraction of sp³-hybridized carbons (Fsp3) is 0.680. The first-order valence-corrected chi connectivity index (χ1v) is 24.7. The van der Waals surface area contributed by atoms with Crippen LogP contribution in [-0.4, -0.2) is 136 Å². The number of amides is 5. The zero-order valence-electron chi connectivity index (χ0n) is 42.7. The highest BCUT2D eigenvalue weighted by Gasteiger charge is 2.34. The number of Topliss-reactive ketones (excluding diaryl/α,β-unsaturated/α-hetero) is 3. The Morgan fingerprint density at radius 2 is 1.52 bits per heavy atom. The van der Waals surface area contributed by atoms with Crippen molar-refractivity contribution in [2.45, 2.75) is 157 Å². The van der Waals surface area contributed by atoms with Crippen molar-refractivity contribution in [1.29, 1.82) is 0 Å². The van der Waals surface area contributed by atoms with E-state index < -0.39 is 83.5 Å². The second kappa shape index (κ2) is 31.7. The number of hydrogen-bond donors (Lipinski definition) is 7. The SMILES string of the molecule is CCN(CCCC[C@H](NC(=O)[C@@H](CC(=O)[C@H](C)NC(=O)[C@H](C)CC(=O)CC(C)C)Cc1ccccc1)C(=O)CC(C(=O)NCCC(=O)N(CC(N)=O)Cc1c[n+](CCCNC)[nH]n1)[C@@H](C)O)C(C)C. The number of aromatic nitrogens is 3. The van der Waals surface area contributed by atoms with Gasteiger partial charge in [-0.25, -0.2) is 0 Å². The van der Waals surface area contributed by atoms with Gasteiger partial charge in [0, 0.05) is 61.6 Å². The molecule has 0 saturated heterocycles. The summed E-state index contributed by atoms with van der Waals surface area (Å²) in [4.78, 5) is 110. The van der Waals surface area contributed by atoms with Crippen LogP contribution >= 0.6 is 0 Å². The van der Waals surface area contributed by atoms with Crippen LogP contribution in [0.1, 0.15) is 124 Å². The zero-order valence-corrected chi connectivity index (χ0v) is 42.7. The average Bonchev–Trinajstić information content (AvgIpc) is 3.73. The first-order chi connectivity index (χ1) is 32.6. The molecule has 0 aliphatic rings. The van der Waals surface area contributed by atoms with Gasteiger partial charge in [-0.1, -0.05) is 63.2 Å². The lowest BCUT2D eigenvalue weighted by Crippen LogP contribution is -2.48. The summed E-state index contributed by atoms with van der Waals surface area (Å²) in [6.45, 7) is 17.2. The Morgan fingerprint density at radius 1 is 0.826 bits per heavy atom. The first-order valence-electron chi connectivity index (χ1n) is 24.7. The fourth-order valence-corrected chi connectivity index (χ4v) is 8.05. The van der Waals surface area contributed by atoms with Crippen LogP contribution in [0.4, 0.5) is 0 Å². The number of nitrogens with one attached hydrogen (secondary N) is 5. The zero-order chi connectivity index (χ0) is 51.6. The van der Waals surface area contributed by atoms with Gasteiger partial charge < -0.3 is 41.9 Å². The summed E-state index contributed by atoms with van der Waals surface area (Å²) in [6, 6.07) is 7.41. The number of rotatable bonds is 36. The number of aliphatic hydroxyl groups is 1. The number of carbonyl (C=O) groups is 8. The number of ketones is 3. The molecule has 0 bridgehead atoms. The van der Waals surface area contributed by atoms with Crippen LogP contribution in [0.5, 0.6) is 0 Å². The molecule has 6 atom stereocenters. The number of H-pyrrole nitrogens is 1. The Morgan fingerprint density at radius 3 is 2.13 bits per heavy atom. The molecule has 0 radical (unpaired) electrons. The second-order valence-electron chi connectivity index (χ2n) is 19.1. The number of aliphatic hydroxyl groups excluding tert-OH is 1. The number of hydrogen-bond acceptors (Lipinski definition) is 12. The fourth-order valence-electron chi connectivity index (χ4n) is 8.05. The molecule has 2 aromatic rings. The third-order valence-electron chi connectivity index (χ3n) is 12.1. The molecule has 0 saturated carbocycles. The van der Waals surface area contributed by atoms with Crippen LogP contribution in [0.25, 0.3) is 0 Å². The number of carbonyl (C=O) groups excluding carboxylic acids is 8. The van der Waals surface area contributed by atoms with E-state index in [1.54, 1.807) is 24.7 Å². The van der Waals surface area contributed by atoms with Crippen molar-refractivity contribution < 1.29 is 48.1 Å². The molecule has 1 unspecified atom stereocenters. The minimum absolute atomic E-state index is 0.00577. The van der Waals surface area contributed by atoms with Gasteiger partial charge >= 0.3 is 0 Å². The predicted octanol–water partition coefficient (Wildman–Crippen LogP) is 1.93. The standard InChI is InChI=1S/C50H82N10O9/c1-10-58(34(4)5)23-15-14-19-43(55-49(68)39(27-38-17-12-11-13-18-38)28-44(63)36(7)54-48(67)35(6)26-41(62)25-33(2)3)45(64)29-42(37(8)61)50(69)53-22-20-47(66)59(32-46(51)65)30-40-31-60(57-56-40)24-16-21-52-9/h11-13,17-18,31,33-37,39,42-43,52,61H,10,14-16,19-30,32H2,1-9H3,(H5,51,53,54,55,65,67,68,69)/p+1/t35-,36+,37-,39-,42?,43+/m1/s1. The number of aryl methyl sites for hydroxylation is 1. The Kier molecular flexibility index (Phi) is 27.4. The highest BCUT2D eigenvalue weighted by atomic mass is 16.3. The summed E-state index contributed by atoms with van der Waals surface area (Å²) in [5.41, 5.74) is 6.74. The second-order valence-corrected chi connectivity index (χ2v) is 19.1. The normalized spacial score (nSPS) is 14.1. The van der Waals surface area contributed by atoms with E-state index in [-0.39, 0.29) is 63.4 Å². The van der Waals surface area contributed by atoms with E-state index in [0.717, 1.165) is 31.6 Å². The van der Waals surface area contributed by atoms with E-state index in [1.165, 1.54) is 11.8 Å². The molecule has 0 aliphatic carbocycles. The van der Waals surface area contributed by atoms with Gasteiger partial charge in [0.2, 0.25) is 35.2 Å². The molecule has 0 fully saturated rings. The summed E-state index contributed by atoms with van der Waals surface area (Å²) in [7, 11) is 1.85. The van der Waals surface area contributed by atoms with E-state index in [4.69, 9.17) is 5.73 Å². The summed E-state index contributed by atoms with van der Waals surface area (Å²) >= 11 is 0. The number of benzene rings is 1. The summed E-state index contributed by atoms with van der Waals surface area (Å²) in [5.74, 6) is -6.46. The number of nitrogens with two attached hydrogens (primary N) is 1. The molecule has 69 heavy (non-hydrogen) atoms. The maximum Gasteiger partial charge on any atom is 0.237 e. The molecule has 0 spiro atoms. The van der Waals surface area contributed by atoms with E-state index in [0.29, 0.717) is 37.5 Å².